The molecule has 2 amide bonds. The fraction of sp³-hybridized carbons (Fsp3) is 0.111. The van der Waals surface area contributed by atoms with Gasteiger partial charge >= 0.3 is 0 Å². The average Bonchev–Trinajstić information content (AvgIpc) is 2.73. The number of carbonyl (C=O) groups is 2. The first-order valence-electron chi connectivity index (χ1n) is 7.40. The number of rotatable bonds is 3. The smallest absolute Gasteiger partial charge is 0.283 e. The van der Waals surface area contributed by atoms with E-state index in [4.69, 9.17) is 23.2 Å². The van der Waals surface area contributed by atoms with Crippen LogP contribution in [0.1, 0.15) is 11.1 Å². The van der Waals surface area contributed by atoms with E-state index in [1.807, 2.05) is 19.9 Å². The van der Waals surface area contributed by atoms with Gasteiger partial charge in [0.05, 0.1) is 11.4 Å². The van der Waals surface area contributed by atoms with E-state index < -0.39 is 11.8 Å². The molecule has 3 rings (SSSR count). The number of hydrogen-bond donors (Lipinski definition) is 2. The van der Waals surface area contributed by atoms with Gasteiger partial charge in [0.25, 0.3) is 11.8 Å². The molecule has 2 N–H and O–H groups in total. The number of phenols is 1. The van der Waals surface area contributed by atoms with E-state index in [1.165, 1.54) is 18.2 Å². The summed E-state index contributed by atoms with van der Waals surface area (Å²) >= 11 is 12.0. The zero-order valence-electron chi connectivity index (χ0n) is 13.4. The van der Waals surface area contributed by atoms with E-state index in [0.717, 1.165) is 16.0 Å². The maximum absolute atomic E-state index is 12.7. The summed E-state index contributed by atoms with van der Waals surface area (Å²) in [6.07, 6.45) is 0. The highest BCUT2D eigenvalue weighted by atomic mass is 35.5. The molecule has 0 saturated carbocycles. The van der Waals surface area contributed by atoms with Crippen molar-refractivity contribution in [2.45, 2.75) is 13.8 Å². The summed E-state index contributed by atoms with van der Waals surface area (Å²) in [5.74, 6) is -1.34. The molecular weight excluding hydrogens is 363 g/mol. The molecular formula is C18H14Cl2N2O3. The number of benzene rings is 2. The van der Waals surface area contributed by atoms with E-state index in [9.17, 15) is 14.7 Å². The molecule has 0 saturated heterocycles. The highest BCUT2D eigenvalue weighted by molar-refractivity contribution is 6.53. The third-order valence-electron chi connectivity index (χ3n) is 3.71. The van der Waals surface area contributed by atoms with Crippen LogP contribution in [0, 0.1) is 13.8 Å². The van der Waals surface area contributed by atoms with Gasteiger partial charge in [-0.2, -0.15) is 0 Å². The standard InChI is InChI=1S/C18H14Cl2N2O3/c1-9-5-10(2)7-12(6-9)22-17(24)15(20)16(18(22)25)21-13-8-11(19)3-4-14(13)23/h3-8,21,23H,1-2H3. The van der Waals surface area contributed by atoms with Crippen molar-refractivity contribution in [1.29, 1.82) is 0 Å². The number of amides is 2. The second kappa shape index (κ2) is 6.43. The van der Waals surface area contributed by atoms with Crippen LogP contribution in [0.4, 0.5) is 11.4 Å². The third-order valence-corrected chi connectivity index (χ3v) is 4.30. The topological polar surface area (TPSA) is 69.6 Å². The number of aryl methyl sites for hydroxylation is 2. The van der Waals surface area contributed by atoms with Crippen molar-refractivity contribution >= 4 is 46.4 Å². The molecule has 1 aliphatic heterocycles. The summed E-state index contributed by atoms with van der Waals surface area (Å²) in [5.41, 5.74) is 2.35. The Labute approximate surface area is 154 Å². The highest BCUT2D eigenvalue weighted by Crippen LogP contribution is 2.34. The number of imide groups is 1. The molecule has 7 heteroatoms. The predicted molar refractivity (Wildman–Crippen MR) is 98.0 cm³/mol. The molecule has 2 aromatic rings. The molecule has 2 aromatic carbocycles. The lowest BCUT2D eigenvalue weighted by atomic mass is 10.1. The van der Waals surface area contributed by atoms with Crippen LogP contribution < -0.4 is 10.2 Å². The maximum Gasteiger partial charge on any atom is 0.283 e. The van der Waals surface area contributed by atoms with Crippen LogP contribution in [0.5, 0.6) is 5.75 Å². The molecule has 0 atom stereocenters. The third kappa shape index (κ3) is 3.21. The zero-order chi connectivity index (χ0) is 18.3. The minimum Gasteiger partial charge on any atom is -0.506 e. The lowest BCUT2D eigenvalue weighted by Gasteiger charge is -2.16. The van der Waals surface area contributed by atoms with Crippen molar-refractivity contribution in [3.8, 4) is 5.75 Å². The molecule has 0 radical (unpaired) electrons. The van der Waals surface area contributed by atoms with E-state index in [1.54, 1.807) is 12.1 Å². The Morgan fingerprint density at radius 1 is 0.960 bits per heavy atom. The molecule has 0 unspecified atom stereocenters. The Hall–Kier alpha value is -2.50. The van der Waals surface area contributed by atoms with E-state index >= 15 is 0 Å². The number of aromatic hydroxyl groups is 1. The summed E-state index contributed by atoms with van der Waals surface area (Å²) < 4.78 is 0. The van der Waals surface area contributed by atoms with E-state index in [0.29, 0.717) is 10.7 Å². The van der Waals surface area contributed by atoms with Gasteiger partial charge in [-0.15, -0.1) is 0 Å². The highest BCUT2D eigenvalue weighted by Gasteiger charge is 2.39. The second-order valence-electron chi connectivity index (χ2n) is 5.77. The van der Waals surface area contributed by atoms with Crippen molar-refractivity contribution in [2.24, 2.45) is 0 Å². The van der Waals surface area contributed by atoms with Crippen molar-refractivity contribution in [3.05, 3.63) is 63.3 Å². The molecule has 25 heavy (non-hydrogen) atoms. The van der Waals surface area contributed by atoms with Gasteiger partial charge in [-0.05, 0) is 55.3 Å². The van der Waals surface area contributed by atoms with Gasteiger partial charge in [-0.3, -0.25) is 9.59 Å². The van der Waals surface area contributed by atoms with Gasteiger partial charge in [0, 0.05) is 5.02 Å². The monoisotopic (exact) mass is 376 g/mol. The van der Waals surface area contributed by atoms with Gasteiger partial charge in [-0.1, -0.05) is 29.3 Å². The zero-order valence-corrected chi connectivity index (χ0v) is 14.9. The minimum absolute atomic E-state index is 0.108. The molecule has 1 heterocycles. The molecule has 128 valence electrons. The number of hydrogen-bond acceptors (Lipinski definition) is 4. The first-order valence-corrected chi connectivity index (χ1v) is 8.16. The Morgan fingerprint density at radius 2 is 1.60 bits per heavy atom. The Bertz CT molecular complexity index is 918. The van der Waals surface area contributed by atoms with Crippen molar-refractivity contribution in [1.82, 2.24) is 0 Å². The van der Waals surface area contributed by atoms with Gasteiger partial charge in [-0.25, -0.2) is 4.90 Å². The SMILES string of the molecule is Cc1cc(C)cc(N2C(=O)C(Cl)=C(Nc3cc(Cl)ccc3O)C2=O)c1. The number of anilines is 2. The Morgan fingerprint density at radius 3 is 2.24 bits per heavy atom. The van der Waals surface area contributed by atoms with Crippen LogP contribution in [0.2, 0.25) is 5.02 Å². The van der Waals surface area contributed by atoms with E-state index in [2.05, 4.69) is 5.32 Å². The van der Waals surface area contributed by atoms with Gasteiger partial charge < -0.3 is 10.4 Å². The Kier molecular flexibility index (Phi) is 4.45. The molecule has 1 aliphatic rings. The number of phenolic OH excluding ortho intramolecular Hbond substituents is 1. The molecule has 0 spiro atoms. The molecule has 0 aromatic heterocycles. The van der Waals surface area contributed by atoms with Crippen LogP contribution >= 0.6 is 23.2 Å². The molecule has 0 fully saturated rings. The van der Waals surface area contributed by atoms with E-state index in [-0.39, 0.29) is 22.2 Å². The summed E-state index contributed by atoms with van der Waals surface area (Å²) in [4.78, 5) is 26.2. The van der Waals surface area contributed by atoms with Crippen molar-refractivity contribution in [2.75, 3.05) is 10.2 Å². The maximum atomic E-state index is 12.7. The van der Waals surface area contributed by atoms with Gasteiger partial charge in [0.15, 0.2) is 0 Å². The van der Waals surface area contributed by atoms with Crippen molar-refractivity contribution < 1.29 is 14.7 Å². The lowest BCUT2D eigenvalue weighted by molar-refractivity contribution is -0.120. The fourth-order valence-corrected chi connectivity index (χ4v) is 3.05. The number of carbonyl (C=O) groups excluding carboxylic acids is 2. The quantitative estimate of drug-likeness (QED) is 0.624. The average molecular weight is 377 g/mol. The predicted octanol–water partition coefficient (Wildman–Crippen LogP) is 4.10. The fourth-order valence-electron chi connectivity index (χ4n) is 2.67. The molecule has 0 bridgehead atoms. The Balaban J connectivity index is 1.98. The molecule has 5 nitrogen and oxygen atoms in total. The number of nitrogens with zero attached hydrogens (tertiary/aromatic N) is 1. The normalized spacial score (nSPS) is 14.5. The summed E-state index contributed by atoms with van der Waals surface area (Å²) in [7, 11) is 0. The van der Waals surface area contributed by atoms with Crippen LogP contribution in [0.25, 0.3) is 0 Å². The van der Waals surface area contributed by atoms with Crippen LogP contribution in [0.3, 0.4) is 0 Å². The first-order chi connectivity index (χ1) is 11.8. The molecule has 0 aliphatic carbocycles. The van der Waals surface area contributed by atoms with Crippen LogP contribution in [0.15, 0.2) is 47.1 Å². The largest absolute Gasteiger partial charge is 0.506 e. The van der Waals surface area contributed by atoms with Crippen molar-refractivity contribution in [3.63, 3.8) is 0 Å². The minimum atomic E-state index is -0.624. The summed E-state index contributed by atoms with van der Waals surface area (Å²) in [5, 5.41) is 12.7. The first kappa shape index (κ1) is 17.3. The van der Waals surface area contributed by atoms with Crippen LogP contribution in [-0.4, -0.2) is 16.9 Å². The van der Waals surface area contributed by atoms with Gasteiger partial charge in [0.2, 0.25) is 0 Å². The summed E-state index contributed by atoms with van der Waals surface area (Å²) in [6, 6.07) is 9.71. The summed E-state index contributed by atoms with van der Waals surface area (Å²) in [6.45, 7) is 3.75. The van der Waals surface area contributed by atoms with Crippen LogP contribution in [-0.2, 0) is 9.59 Å². The number of nitrogens with one attached hydrogen (secondary N) is 1. The second-order valence-corrected chi connectivity index (χ2v) is 6.58. The van der Waals surface area contributed by atoms with Gasteiger partial charge in [0.1, 0.15) is 16.5 Å². The number of halogens is 2. The lowest BCUT2D eigenvalue weighted by Crippen LogP contribution is -2.32.